The molecule has 0 aromatic carbocycles. The van der Waals surface area contributed by atoms with Crippen LogP contribution in [0.5, 0.6) is 0 Å². The van der Waals surface area contributed by atoms with Crippen molar-refractivity contribution >= 4 is 5.91 Å². The van der Waals surface area contributed by atoms with E-state index in [1.54, 1.807) is 0 Å². The third-order valence-corrected chi connectivity index (χ3v) is 2.61. The Kier molecular flexibility index (Phi) is 7.48. The van der Waals surface area contributed by atoms with Gasteiger partial charge >= 0.3 is 0 Å². The van der Waals surface area contributed by atoms with Gasteiger partial charge in [-0.1, -0.05) is 27.2 Å². The molecule has 3 N–H and O–H groups in total. The van der Waals surface area contributed by atoms with Crippen LogP contribution in [0.25, 0.3) is 0 Å². The number of hydrogen-bond acceptors (Lipinski definition) is 2. The maximum absolute atomic E-state index is 11.3. The van der Waals surface area contributed by atoms with Crippen LogP contribution in [0.1, 0.15) is 40.0 Å². The minimum atomic E-state index is 0.158. The standard InChI is InChI=1S/C11H24N2O/c1-4-9(2)8-13-11(14)6-5-10(3)7-12/h9-10H,4-8,12H2,1-3H3,(H,13,14). The molecule has 2 atom stereocenters. The molecule has 3 nitrogen and oxygen atoms in total. The molecule has 0 aromatic rings. The lowest BCUT2D eigenvalue weighted by Gasteiger charge is -2.11. The summed E-state index contributed by atoms with van der Waals surface area (Å²) in [5.41, 5.74) is 5.47. The number of carbonyl (C=O) groups excluding carboxylic acids is 1. The Morgan fingerprint density at radius 1 is 1.36 bits per heavy atom. The Bertz CT molecular complexity index is 143. The van der Waals surface area contributed by atoms with Crippen molar-refractivity contribution in [1.29, 1.82) is 0 Å². The van der Waals surface area contributed by atoms with Gasteiger partial charge in [0.1, 0.15) is 0 Å². The van der Waals surface area contributed by atoms with E-state index in [4.69, 9.17) is 5.73 Å². The van der Waals surface area contributed by atoms with Crippen molar-refractivity contribution in [3.8, 4) is 0 Å². The summed E-state index contributed by atoms with van der Waals surface area (Å²) in [5.74, 6) is 1.18. The molecule has 1 amide bonds. The van der Waals surface area contributed by atoms with Crippen LogP contribution in [0, 0.1) is 11.8 Å². The third-order valence-electron chi connectivity index (χ3n) is 2.61. The molecule has 0 radical (unpaired) electrons. The van der Waals surface area contributed by atoms with E-state index in [2.05, 4.69) is 26.1 Å². The Balaban J connectivity index is 3.46. The molecule has 0 aromatic heterocycles. The van der Waals surface area contributed by atoms with Gasteiger partial charge in [0, 0.05) is 13.0 Å². The quantitative estimate of drug-likeness (QED) is 0.654. The summed E-state index contributed by atoms with van der Waals surface area (Å²) in [6, 6.07) is 0. The Morgan fingerprint density at radius 2 is 2.00 bits per heavy atom. The summed E-state index contributed by atoms with van der Waals surface area (Å²) in [6.45, 7) is 7.81. The van der Waals surface area contributed by atoms with E-state index in [1.165, 1.54) is 0 Å². The summed E-state index contributed by atoms with van der Waals surface area (Å²) in [4.78, 5) is 11.3. The van der Waals surface area contributed by atoms with Crippen molar-refractivity contribution in [2.24, 2.45) is 17.6 Å². The van der Waals surface area contributed by atoms with Crippen LogP contribution in [0.2, 0.25) is 0 Å². The lowest BCUT2D eigenvalue weighted by atomic mass is 10.1. The van der Waals surface area contributed by atoms with Crippen molar-refractivity contribution < 1.29 is 4.79 Å². The molecule has 14 heavy (non-hydrogen) atoms. The molecule has 3 heteroatoms. The highest BCUT2D eigenvalue weighted by molar-refractivity contribution is 5.75. The van der Waals surface area contributed by atoms with Crippen LogP contribution in [0.4, 0.5) is 0 Å². The van der Waals surface area contributed by atoms with Crippen molar-refractivity contribution in [2.45, 2.75) is 40.0 Å². The number of nitrogens with one attached hydrogen (secondary N) is 1. The minimum absolute atomic E-state index is 0.158. The second-order valence-electron chi connectivity index (χ2n) is 4.20. The smallest absolute Gasteiger partial charge is 0.220 e. The SMILES string of the molecule is CCC(C)CNC(=O)CCC(C)CN. The topological polar surface area (TPSA) is 55.1 Å². The van der Waals surface area contributed by atoms with Gasteiger partial charge < -0.3 is 11.1 Å². The zero-order valence-electron chi connectivity index (χ0n) is 9.68. The van der Waals surface area contributed by atoms with Gasteiger partial charge in [0.25, 0.3) is 0 Å². The van der Waals surface area contributed by atoms with E-state index in [-0.39, 0.29) is 5.91 Å². The van der Waals surface area contributed by atoms with Crippen LogP contribution in [-0.2, 0) is 4.79 Å². The molecule has 0 aliphatic carbocycles. The summed E-state index contributed by atoms with van der Waals surface area (Å²) in [7, 11) is 0. The highest BCUT2D eigenvalue weighted by Gasteiger charge is 2.06. The first-order chi connectivity index (χ1) is 6.60. The van der Waals surface area contributed by atoms with Crippen molar-refractivity contribution in [1.82, 2.24) is 5.32 Å². The van der Waals surface area contributed by atoms with Crippen molar-refractivity contribution in [2.75, 3.05) is 13.1 Å². The second kappa shape index (κ2) is 7.80. The van der Waals surface area contributed by atoms with Gasteiger partial charge in [-0.05, 0) is 24.8 Å². The van der Waals surface area contributed by atoms with E-state index in [0.717, 1.165) is 19.4 Å². The summed E-state index contributed by atoms with van der Waals surface area (Å²) in [6.07, 6.45) is 2.61. The average molecular weight is 200 g/mol. The minimum Gasteiger partial charge on any atom is -0.356 e. The number of amides is 1. The van der Waals surface area contributed by atoms with Gasteiger partial charge in [0.15, 0.2) is 0 Å². The van der Waals surface area contributed by atoms with Gasteiger partial charge in [-0.3, -0.25) is 4.79 Å². The van der Waals surface area contributed by atoms with Crippen LogP contribution < -0.4 is 11.1 Å². The molecule has 0 spiro atoms. The Hall–Kier alpha value is -0.570. The van der Waals surface area contributed by atoms with Gasteiger partial charge in [-0.2, -0.15) is 0 Å². The second-order valence-corrected chi connectivity index (χ2v) is 4.20. The van der Waals surface area contributed by atoms with Crippen LogP contribution >= 0.6 is 0 Å². The third kappa shape index (κ3) is 6.89. The van der Waals surface area contributed by atoms with Crippen LogP contribution in [0.15, 0.2) is 0 Å². The molecular weight excluding hydrogens is 176 g/mol. The molecule has 0 aliphatic rings. The van der Waals surface area contributed by atoms with Gasteiger partial charge in [-0.25, -0.2) is 0 Å². The van der Waals surface area contributed by atoms with E-state index in [0.29, 0.717) is 24.8 Å². The van der Waals surface area contributed by atoms with E-state index >= 15 is 0 Å². The zero-order chi connectivity index (χ0) is 11.0. The first-order valence-corrected chi connectivity index (χ1v) is 5.56. The first-order valence-electron chi connectivity index (χ1n) is 5.56. The highest BCUT2D eigenvalue weighted by atomic mass is 16.1. The Morgan fingerprint density at radius 3 is 2.50 bits per heavy atom. The van der Waals surface area contributed by atoms with Crippen LogP contribution in [-0.4, -0.2) is 19.0 Å². The number of rotatable bonds is 7. The lowest BCUT2D eigenvalue weighted by Crippen LogP contribution is -2.28. The summed E-state index contributed by atoms with van der Waals surface area (Å²) in [5, 5.41) is 2.93. The van der Waals surface area contributed by atoms with E-state index in [1.807, 2.05) is 0 Å². The number of hydrogen-bond donors (Lipinski definition) is 2. The molecule has 0 saturated heterocycles. The van der Waals surface area contributed by atoms with E-state index in [9.17, 15) is 4.79 Å². The number of carbonyl (C=O) groups is 1. The molecule has 0 bridgehead atoms. The predicted octanol–water partition coefficient (Wildman–Crippen LogP) is 1.52. The monoisotopic (exact) mass is 200 g/mol. The summed E-state index contributed by atoms with van der Waals surface area (Å²) < 4.78 is 0. The van der Waals surface area contributed by atoms with Gasteiger partial charge in [0.2, 0.25) is 5.91 Å². The molecule has 0 fully saturated rings. The van der Waals surface area contributed by atoms with Gasteiger partial charge in [-0.15, -0.1) is 0 Å². The number of nitrogens with two attached hydrogens (primary N) is 1. The molecule has 0 aliphatic heterocycles. The molecule has 2 unspecified atom stereocenters. The molecule has 0 heterocycles. The Labute approximate surface area is 87.4 Å². The fraction of sp³-hybridized carbons (Fsp3) is 0.909. The largest absolute Gasteiger partial charge is 0.356 e. The fourth-order valence-corrected chi connectivity index (χ4v) is 1.02. The summed E-state index contributed by atoms with van der Waals surface area (Å²) >= 11 is 0. The van der Waals surface area contributed by atoms with Crippen molar-refractivity contribution in [3.63, 3.8) is 0 Å². The van der Waals surface area contributed by atoms with Crippen LogP contribution in [0.3, 0.4) is 0 Å². The maximum atomic E-state index is 11.3. The fourth-order valence-electron chi connectivity index (χ4n) is 1.02. The predicted molar refractivity (Wildman–Crippen MR) is 59.9 cm³/mol. The van der Waals surface area contributed by atoms with Gasteiger partial charge in [0.05, 0.1) is 0 Å². The highest BCUT2D eigenvalue weighted by Crippen LogP contribution is 2.03. The molecule has 0 saturated carbocycles. The van der Waals surface area contributed by atoms with Crippen molar-refractivity contribution in [3.05, 3.63) is 0 Å². The first kappa shape index (κ1) is 13.4. The molecule has 0 rings (SSSR count). The van der Waals surface area contributed by atoms with E-state index < -0.39 is 0 Å². The molecular formula is C11H24N2O. The lowest BCUT2D eigenvalue weighted by molar-refractivity contribution is -0.121. The maximum Gasteiger partial charge on any atom is 0.220 e. The zero-order valence-corrected chi connectivity index (χ0v) is 9.68. The average Bonchev–Trinajstić information content (AvgIpc) is 2.22. The molecule has 84 valence electrons. The normalized spacial score (nSPS) is 14.9.